The Labute approximate surface area is 217 Å². The Balaban J connectivity index is 0.000000147. The number of benzene rings is 4. The van der Waals surface area contributed by atoms with E-state index in [2.05, 4.69) is 13.8 Å². The summed E-state index contributed by atoms with van der Waals surface area (Å²) in [5.41, 5.74) is 4.05. The lowest BCUT2D eigenvalue weighted by Gasteiger charge is -2.16. The normalized spacial score (nSPS) is 12.6. The van der Waals surface area contributed by atoms with Crippen molar-refractivity contribution in [3.05, 3.63) is 142 Å². The lowest BCUT2D eigenvalue weighted by Crippen LogP contribution is -2.20. The van der Waals surface area contributed by atoms with Crippen LogP contribution in [0.2, 0.25) is 0 Å². The maximum atomic E-state index is 12.1. The highest BCUT2D eigenvalue weighted by atomic mass is 16.1. The highest BCUT2D eigenvalue weighted by Gasteiger charge is 2.29. The summed E-state index contributed by atoms with van der Waals surface area (Å²) in [5.74, 6) is -0.256. The van der Waals surface area contributed by atoms with Crippen LogP contribution in [0, 0.1) is 0 Å². The van der Waals surface area contributed by atoms with Gasteiger partial charge in [0.05, 0.1) is 0 Å². The van der Waals surface area contributed by atoms with Crippen LogP contribution in [-0.4, -0.2) is 23.1 Å². The predicted molar refractivity (Wildman–Crippen MR) is 145 cm³/mol. The fourth-order valence-electron chi connectivity index (χ4n) is 4.45. The third-order valence-corrected chi connectivity index (χ3v) is 6.37. The molecule has 37 heavy (non-hydrogen) atoms. The van der Waals surface area contributed by atoms with E-state index >= 15 is 0 Å². The molecule has 0 unspecified atom stereocenters. The van der Waals surface area contributed by atoms with Crippen molar-refractivity contribution in [2.75, 3.05) is 0 Å². The second-order valence-corrected chi connectivity index (χ2v) is 8.85. The minimum absolute atomic E-state index is 0.0641. The van der Waals surface area contributed by atoms with E-state index in [0.29, 0.717) is 44.5 Å². The third kappa shape index (κ3) is 5.10. The SMILES string of the molecule is CCCCC.O=C1c2ccccc2C(=O)c2ccccc21.O=C1c2ccccc2C(=O)c2ccccc21. The maximum absolute atomic E-state index is 12.1. The second kappa shape index (κ2) is 11.5. The fourth-order valence-corrected chi connectivity index (χ4v) is 4.45. The first-order chi connectivity index (χ1) is 18.0. The Kier molecular flexibility index (Phi) is 7.99. The summed E-state index contributed by atoms with van der Waals surface area (Å²) in [4.78, 5) is 48.4. The van der Waals surface area contributed by atoms with Crippen molar-refractivity contribution < 1.29 is 19.2 Å². The van der Waals surface area contributed by atoms with E-state index in [0.717, 1.165) is 0 Å². The molecule has 0 saturated heterocycles. The van der Waals surface area contributed by atoms with Gasteiger partial charge in [0.2, 0.25) is 0 Å². The van der Waals surface area contributed by atoms with Crippen LogP contribution in [0.15, 0.2) is 97.1 Å². The predicted octanol–water partition coefficient (Wildman–Crippen LogP) is 7.12. The number of unbranched alkanes of at least 4 members (excludes halogenated alkanes) is 2. The van der Waals surface area contributed by atoms with E-state index in [1.54, 1.807) is 97.1 Å². The monoisotopic (exact) mass is 488 g/mol. The van der Waals surface area contributed by atoms with Gasteiger partial charge in [-0.15, -0.1) is 0 Å². The number of carbonyl (C=O) groups is 4. The molecule has 6 rings (SSSR count). The lowest BCUT2D eigenvalue weighted by atomic mass is 9.84. The minimum atomic E-state index is -0.0641. The number of fused-ring (bicyclic) bond motifs is 4. The molecule has 0 spiro atoms. The van der Waals surface area contributed by atoms with E-state index in [4.69, 9.17) is 0 Å². The van der Waals surface area contributed by atoms with Crippen LogP contribution in [0.3, 0.4) is 0 Å². The van der Waals surface area contributed by atoms with Gasteiger partial charge < -0.3 is 0 Å². The standard InChI is InChI=1S/2C14H8O2.C5H12/c2*15-13-9-5-1-2-6-10(9)14(16)12-8-4-3-7-11(12)13;1-3-5-4-2/h2*1-8H;3-5H2,1-2H3. The summed E-state index contributed by atoms with van der Waals surface area (Å²) in [6.45, 7) is 4.42. The zero-order valence-electron chi connectivity index (χ0n) is 21.0. The number of hydrogen-bond acceptors (Lipinski definition) is 4. The van der Waals surface area contributed by atoms with Gasteiger partial charge in [0.25, 0.3) is 0 Å². The van der Waals surface area contributed by atoms with Crippen LogP contribution < -0.4 is 0 Å². The van der Waals surface area contributed by atoms with E-state index in [9.17, 15) is 19.2 Å². The van der Waals surface area contributed by atoms with E-state index in [-0.39, 0.29) is 23.1 Å². The lowest BCUT2D eigenvalue weighted by molar-refractivity contribution is 0.0979. The van der Waals surface area contributed by atoms with Gasteiger partial charge in [0.1, 0.15) is 0 Å². The molecule has 0 fully saturated rings. The average molecular weight is 489 g/mol. The van der Waals surface area contributed by atoms with Gasteiger partial charge in [-0.1, -0.05) is 130 Å². The Bertz CT molecular complexity index is 1170. The van der Waals surface area contributed by atoms with Crippen LogP contribution >= 0.6 is 0 Å². The molecule has 4 nitrogen and oxygen atoms in total. The van der Waals surface area contributed by atoms with E-state index in [1.165, 1.54) is 19.3 Å². The topological polar surface area (TPSA) is 68.3 Å². The molecule has 0 aliphatic heterocycles. The highest BCUT2D eigenvalue weighted by molar-refractivity contribution is 6.29. The first kappa shape index (κ1) is 25.6. The fraction of sp³-hybridized carbons (Fsp3) is 0.152. The molecule has 0 N–H and O–H groups in total. The molecule has 0 atom stereocenters. The van der Waals surface area contributed by atoms with Gasteiger partial charge in [-0.3, -0.25) is 19.2 Å². The number of rotatable bonds is 2. The zero-order valence-corrected chi connectivity index (χ0v) is 21.0. The van der Waals surface area contributed by atoms with Gasteiger partial charge in [0.15, 0.2) is 23.1 Å². The van der Waals surface area contributed by atoms with Gasteiger partial charge in [-0.05, 0) is 0 Å². The summed E-state index contributed by atoms with van der Waals surface area (Å²) in [5, 5.41) is 0. The van der Waals surface area contributed by atoms with Crippen LogP contribution in [0.5, 0.6) is 0 Å². The van der Waals surface area contributed by atoms with E-state index in [1.807, 2.05) is 0 Å². The molecule has 0 bridgehead atoms. The Morgan fingerprint density at radius 3 is 0.622 bits per heavy atom. The third-order valence-electron chi connectivity index (χ3n) is 6.37. The smallest absolute Gasteiger partial charge is 0.194 e. The maximum Gasteiger partial charge on any atom is 0.194 e. The number of carbonyl (C=O) groups excluding carboxylic acids is 4. The number of ketones is 4. The van der Waals surface area contributed by atoms with Crippen molar-refractivity contribution in [3.63, 3.8) is 0 Å². The van der Waals surface area contributed by atoms with Crippen molar-refractivity contribution in [2.45, 2.75) is 33.1 Å². The molecule has 4 aromatic carbocycles. The molecular formula is C33H28O4. The zero-order chi connectivity index (χ0) is 26.4. The Hall–Kier alpha value is -4.44. The van der Waals surface area contributed by atoms with E-state index < -0.39 is 0 Å². The molecule has 0 radical (unpaired) electrons. The Morgan fingerprint density at radius 2 is 0.514 bits per heavy atom. The first-order valence-electron chi connectivity index (χ1n) is 12.5. The quantitative estimate of drug-likeness (QED) is 0.260. The summed E-state index contributed by atoms with van der Waals surface area (Å²) in [6.07, 6.45) is 4.08. The van der Waals surface area contributed by atoms with Crippen LogP contribution in [0.4, 0.5) is 0 Å². The van der Waals surface area contributed by atoms with Crippen molar-refractivity contribution in [2.24, 2.45) is 0 Å². The molecule has 184 valence electrons. The van der Waals surface area contributed by atoms with Crippen molar-refractivity contribution >= 4 is 23.1 Å². The molecule has 2 aliphatic rings. The van der Waals surface area contributed by atoms with Gasteiger partial charge in [0, 0.05) is 44.5 Å². The Morgan fingerprint density at radius 1 is 0.351 bits per heavy atom. The molecule has 0 heterocycles. The summed E-state index contributed by atoms with van der Waals surface area (Å²) >= 11 is 0. The molecular weight excluding hydrogens is 460 g/mol. The minimum Gasteiger partial charge on any atom is -0.289 e. The molecule has 0 saturated carbocycles. The van der Waals surface area contributed by atoms with Crippen LogP contribution in [0.25, 0.3) is 0 Å². The van der Waals surface area contributed by atoms with Gasteiger partial charge in [-0.2, -0.15) is 0 Å². The first-order valence-corrected chi connectivity index (χ1v) is 12.5. The van der Waals surface area contributed by atoms with Crippen molar-refractivity contribution in [1.29, 1.82) is 0 Å². The van der Waals surface area contributed by atoms with Gasteiger partial charge in [-0.25, -0.2) is 0 Å². The van der Waals surface area contributed by atoms with Crippen molar-refractivity contribution in [3.8, 4) is 0 Å². The summed E-state index contributed by atoms with van der Waals surface area (Å²) in [6, 6.07) is 27.8. The molecule has 0 aromatic heterocycles. The molecule has 4 aromatic rings. The van der Waals surface area contributed by atoms with Crippen LogP contribution in [0.1, 0.15) is 96.8 Å². The molecule has 0 amide bonds. The van der Waals surface area contributed by atoms with Crippen LogP contribution in [-0.2, 0) is 0 Å². The largest absolute Gasteiger partial charge is 0.289 e. The molecule has 2 aliphatic carbocycles. The number of hydrogen-bond donors (Lipinski definition) is 0. The second-order valence-electron chi connectivity index (χ2n) is 8.85. The summed E-state index contributed by atoms with van der Waals surface area (Å²) < 4.78 is 0. The highest BCUT2D eigenvalue weighted by Crippen LogP contribution is 2.27. The average Bonchev–Trinajstić information content (AvgIpc) is 2.96. The van der Waals surface area contributed by atoms with Crippen molar-refractivity contribution in [1.82, 2.24) is 0 Å². The molecule has 4 heteroatoms. The van der Waals surface area contributed by atoms with Gasteiger partial charge >= 0.3 is 0 Å². The summed E-state index contributed by atoms with van der Waals surface area (Å²) in [7, 11) is 0.